The van der Waals surface area contributed by atoms with Gasteiger partial charge < -0.3 is 0 Å². The summed E-state index contributed by atoms with van der Waals surface area (Å²) < 4.78 is 38.5. The van der Waals surface area contributed by atoms with Gasteiger partial charge in [0.1, 0.15) is 0 Å². The van der Waals surface area contributed by atoms with Gasteiger partial charge in [-0.05, 0) is 18.2 Å². The number of hydrogen-bond donors (Lipinski definition) is 1. The molecule has 0 saturated carbocycles. The van der Waals surface area contributed by atoms with Crippen molar-refractivity contribution < 1.29 is 13.2 Å². The molecule has 2 aromatic rings. The molecule has 0 aliphatic heterocycles. The van der Waals surface area contributed by atoms with E-state index < -0.39 is 11.7 Å². The van der Waals surface area contributed by atoms with Crippen LogP contribution >= 0.6 is 34.8 Å². The van der Waals surface area contributed by atoms with Crippen LogP contribution in [-0.4, -0.2) is 6.21 Å². The zero-order valence-corrected chi connectivity index (χ0v) is 13.0. The second-order valence-electron chi connectivity index (χ2n) is 4.20. The summed E-state index contributed by atoms with van der Waals surface area (Å²) in [7, 11) is 0. The predicted molar refractivity (Wildman–Crippen MR) is 84.1 cm³/mol. The lowest BCUT2D eigenvalue weighted by molar-refractivity contribution is -0.137. The van der Waals surface area contributed by atoms with E-state index in [0.29, 0.717) is 5.02 Å². The van der Waals surface area contributed by atoms with E-state index in [1.54, 1.807) is 0 Å². The zero-order chi connectivity index (χ0) is 16.3. The average Bonchev–Trinajstić information content (AvgIpc) is 2.41. The van der Waals surface area contributed by atoms with Crippen molar-refractivity contribution in [1.29, 1.82) is 0 Å². The fourth-order valence-electron chi connectivity index (χ4n) is 1.68. The molecule has 0 radical (unpaired) electrons. The molecule has 0 aliphatic rings. The quantitative estimate of drug-likeness (QED) is 0.513. The molecule has 8 heteroatoms. The van der Waals surface area contributed by atoms with Gasteiger partial charge in [0.05, 0.1) is 27.5 Å². The number of benzene rings is 2. The maximum Gasteiger partial charge on any atom is 0.417 e. The van der Waals surface area contributed by atoms with Crippen LogP contribution in [0.4, 0.5) is 18.9 Å². The Morgan fingerprint density at radius 1 is 1.00 bits per heavy atom. The highest BCUT2D eigenvalue weighted by molar-refractivity contribution is 6.41. The first-order valence-electron chi connectivity index (χ1n) is 5.89. The topological polar surface area (TPSA) is 24.4 Å². The first kappa shape index (κ1) is 16.9. The Morgan fingerprint density at radius 3 is 2.18 bits per heavy atom. The second kappa shape index (κ2) is 6.77. The van der Waals surface area contributed by atoms with E-state index in [1.165, 1.54) is 30.3 Å². The summed E-state index contributed by atoms with van der Waals surface area (Å²) in [4.78, 5) is 0. The molecular formula is C14H8Cl3F3N2. The molecule has 0 unspecified atom stereocenters. The fourth-order valence-corrected chi connectivity index (χ4v) is 2.58. The van der Waals surface area contributed by atoms with Crippen molar-refractivity contribution >= 4 is 46.7 Å². The normalized spacial score (nSPS) is 11.9. The molecule has 2 rings (SSSR count). The van der Waals surface area contributed by atoms with E-state index in [2.05, 4.69) is 10.5 Å². The van der Waals surface area contributed by atoms with E-state index in [0.717, 1.165) is 12.3 Å². The summed E-state index contributed by atoms with van der Waals surface area (Å²) in [6.45, 7) is 0. The Bertz CT molecular complexity index is 692. The fraction of sp³-hybridized carbons (Fsp3) is 0.0714. The lowest BCUT2D eigenvalue weighted by atomic mass is 10.1. The van der Waals surface area contributed by atoms with E-state index in [9.17, 15) is 13.2 Å². The number of nitrogens with one attached hydrogen (secondary N) is 1. The van der Waals surface area contributed by atoms with Crippen molar-refractivity contribution in [2.45, 2.75) is 6.18 Å². The SMILES string of the molecule is FC(F)(F)c1ccccc1/C=N/Nc1c(Cl)cc(Cl)cc1Cl. The van der Waals surface area contributed by atoms with Crippen LogP contribution in [0.5, 0.6) is 0 Å². The van der Waals surface area contributed by atoms with Gasteiger partial charge in [-0.2, -0.15) is 18.3 Å². The number of hydrazone groups is 1. The number of rotatable bonds is 3. The van der Waals surface area contributed by atoms with Crippen molar-refractivity contribution in [3.8, 4) is 0 Å². The smallest absolute Gasteiger partial charge is 0.275 e. The largest absolute Gasteiger partial charge is 0.417 e. The number of halogens is 6. The molecule has 116 valence electrons. The number of anilines is 1. The Labute approximate surface area is 139 Å². The summed E-state index contributed by atoms with van der Waals surface area (Å²) in [5, 5.41) is 4.50. The van der Waals surface area contributed by atoms with E-state index in [-0.39, 0.29) is 21.3 Å². The summed E-state index contributed by atoms with van der Waals surface area (Å²) >= 11 is 17.6. The Hall–Kier alpha value is -1.43. The lowest BCUT2D eigenvalue weighted by Crippen LogP contribution is -2.08. The third kappa shape index (κ3) is 4.06. The summed E-state index contributed by atoms with van der Waals surface area (Å²) in [6, 6.07) is 7.95. The summed E-state index contributed by atoms with van der Waals surface area (Å²) in [6.07, 6.45) is -3.41. The Balaban J connectivity index is 2.25. The van der Waals surface area contributed by atoms with Crippen LogP contribution in [0.3, 0.4) is 0 Å². The minimum Gasteiger partial charge on any atom is -0.275 e. The van der Waals surface area contributed by atoms with E-state index >= 15 is 0 Å². The third-order valence-electron chi connectivity index (χ3n) is 2.65. The molecule has 1 N–H and O–H groups in total. The van der Waals surface area contributed by atoms with Crippen LogP contribution in [0.2, 0.25) is 15.1 Å². The highest BCUT2D eigenvalue weighted by Gasteiger charge is 2.32. The van der Waals surface area contributed by atoms with Crippen molar-refractivity contribution in [3.63, 3.8) is 0 Å². The van der Waals surface area contributed by atoms with Crippen LogP contribution in [0.25, 0.3) is 0 Å². The molecule has 0 heterocycles. The minimum absolute atomic E-state index is 0.0799. The van der Waals surface area contributed by atoms with Gasteiger partial charge in [0.25, 0.3) is 0 Å². The van der Waals surface area contributed by atoms with Crippen molar-refractivity contribution in [3.05, 3.63) is 62.6 Å². The molecule has 0 amide bonds. The van der Waals surface area contributed by atoms with Gasteiger partial charge in [-0.1, -0.05) is 53.0 Å². The molecule has 0 fully saturated rings. The van der Waals surface area contributed by atoms with Crippen LogP contribution in [0.15, 0.2) is 41.5 Å². The lowest BCUT2D eigenvalue weighted by Gasteiger charge is -2.10. The molecule has 0 saturated heterocycles. The summed E-state index contributed by atoms with van der Waals surface area (Å²) in [5.74, 6) is 0. The second-order valence-corrected chi connectivity index (χ2v) is 5.45. The molecule has 0 atom stereocenters. The number of nitrogens with zero attached hydrogens (tertiary/aromatic N) is 1. The first-order chi connectivity index (χ1) is 10.3. The molecule has 0 bridgehead atoms. The van der Waals surface area contributed by atoms with Gasteiger partial charge in [0, 0.05) is 10.6 Å². The van der Waals surface area contributed by atoms with Crippen LogP contribution < -0.4 is 5.43 Å². The molecule has 2 nitrogen and oxygen atoms in total. The maximum absolute atomic E-state index is 12.8. The van der Waals surface area contributed by atoms with Gasteiger partial charge in [-0.3, -0.25) is 5.43 Å². The van der Waals surface area contributed by atoms with Crippen molar-refractivity contribution in [1.82, 2.24) is 0 Å². The standard InChI is InChI=1S/C14H8Cl3F3N2/c15-9-5-11(16)13(12(17)6-9)22-21-7-8-3-1-2-4-10(8)14(18,19)20/h1-7,22H/b21-7+. The number of hydrogen-bond acceptors (Lipinski definition) is 2. The van der Waals surface area contributed by atoms with Gasteiger partial charge in [0.15, 0.2) is 0 Å². The Kier molecular flexibility index (Phi) is 5.21. The van der Waals surface area contributed by atoms with Crippen LogP contribution in [0.1, 0.15) is 11.1 Å². The van der Waals surface area contributed by atoms with Crippen molar-refractivity contribution in [2.75, 3.05) is 5.43 Å². The van der Waals surface area contributed by atoms with Crippen LogP contribution in [0, 0.1) is 0 Å². The van der Waals surface area contributed by atoms with E-state index in [1.807, 2.05) is 0 Å². The molecule has 22 heavy (non-hydrogen) atoms. The van der Waals surface area contributed by atoms with Gasteiger partial charge >= 0.3 is 6.18 Å². The van der Waals surface area contributed by atoms with Crippen LogP contribution in [-0.2, 0) is 6.18 Å². The van der Waals surface area contributed by atoms with Gasteiger partial charge in [0.2, 0.25) is 0 Å². The number of alkyl halides is 3. The summed E-state index contributed by atoms with van der Waals surface area (Å²) in [5.41, 5.74) is 1.91. The highest BCUT2D eigenvalue weighted by Crippen LogP contribution is 2.34. The molecule has 0 aromatic heterocycles. The Morgan fingerprint density at radius 2 is 1.59 bits per heavy atom. The monoisotopic (exact) mass is 366 g/mol. The average molecular weight is 368 g/mol. The molecular weight excluding hydrogens is 360 g/mol. The molecule has 0 aliphatic carbocycles. The highest BCUT2D eigenvalue weighted by atomic mass is 35.5. The van der Waals surface area contributed by atoms with Gasteiger partial charge in [-0.15, -0.1) is 0 Å². The van der Waals surface area contributed by atoms with E-state index in [4.69, 9.17) is 34.8 Å². The molecule has 2 aromatic carbocycles. The minimum atomic E-state index is -4.46. The predicted octanol–water partition coefficient (Wildman–Crippen LogP) is 6.11. The third-order valence-corrected chi connectivity index (χ3v) is 3.47. The van der Waals surface area contributed by atoms with Crippen molar-refractivity contribution in [2.24, 2.45) is 5.10 Å². The molecule has 0 spiro atoms. The zero-order valence-electron chi connectivity index (χ0n) is 10.8. The first-order valence-corrected chi connectivity index (χ1v) is 7.02. The van der Waals surface area contributed by atoms with Gasteiger partial charge in [-0.25, -0.2) is 0 Å². The maximum atomic E-state index is 12.8.